The van der Waals surface area contributed by atoms with E-state index < -0.39 is 0 Å². The van der Waals surface area contributed by atoms with E-state index in [0.717, 1.165) is 11.8 Å². The third-order valence-corrected chi connectivity index (χ3v) is 4.30. The second-order valence-corrected chi connectivity index (χ2v) is 7.22. The van der Waals surface area contributed by atoms with E-state index in [0.29, 0.717) is 11.7 Å². The van der Waals surface area contributed by atoms with Crippen LogP contribution in [0.4, 0.5) is 0 Å². The summed E-state index contributed by atoms with van der Waals surface area (Å²) in [5.74, 6) is 2.60. The molecular formula is C18H30O. The molecule has 1 nitrogen and oxygen atoms in total. The number of rotatable bonds is 6. The van der Waals surface area contributed by atoms with Gasteiger partial charge in [0.15, 0.2) is 0 Å². The van der Waals surface area contributed by atoms with Gasteiger partial charge in [0.2, 0.25) is 0 Å². The van der Waals surface area contributed by atoms with Crippen molar-refractivity contribution in [2.45, 2.75) is 59.8 Å². The fraction of sp³-hybridized carbons (Fsp3) is 0.667. The van der Waals surface area contributed by atoms with Crippen LogP contribution in [0, 0.1) is 17.8 Å². The lowest BCUT2D eigenvalue weighted by atomic mass is 9.73. The average molecular weight is 262 g/mol. The molecule has 0 bridgehead atoms. The highest BCUT2D eigenvalue weighted by Crippen LogP contribution is 2.35. The van der Waals surface area contributed by atoms with Gasteiger partial charge in [-0.15, -0.1) is 0 Å². The van der Waals surface area contributed by atoms with E-state index in [1.54, 1.807) is 12.1 Å². The van der Waals surface area contributed by atoms with Crippen molar-refractivity contribution in [1.82, 2.24) is 0 Å². The summed E-state index contributed by atoms with van der Waals surface area (Å²) in [6.45, 7) is 13.9. The molecule has 0 aromatic heterocycles. The number of phenols is 1. The van der Waals surface area contributed by atoms with Crippen LogP contribution in [0.3, 0.4) is 0 Å². The number of phenolic OH excluding ortho intramolecular Hbond substituents is 1. The number of hydrogen-bond donors (Lipinski definition) is 1. The Morgan fingerprint density at radius 2 is 1.47 bits per heavy atom. The molecule has 1 aromatic carbocycles. The summed E-state index contributed by atoms with van der Waals surface area (Å²) >= 11 is 0. The number of hydrogen-bond acceptors (Lipinski definition) is 1. The van der Waals surface area contributed by atoms with E-state index in [1.807, 2.05) is 0 Å². The van der Waals surface area contributed by atoms with E-state index >= 15 is 0 Å². The SMILES string of the molecule is CC(C)C[C@@H](C)[C@H](C)CC(C)(C)c1ccc(O)cc1. The van der Waals surface area contributed by atoms with Gasteiger partial charge in [-0.1, -0.05) is 53.7 Å². The van der Waals surface area contributed by atoms with Crippen LogP contribution in [-0.2, 0) is 5.41 Å². The minimum Gasteiger partial charge on any atom is -0.508 e. The fourth-order valence-corrected chi connectivity index (χ4v) is 3.01. The summed E-state index contributed by atoms with van der Waals surface area (Å²) in [6.07, 6.45) is 2.48. The molecule has 1 N–H and O–H groups in total. The third kappa shape index (κ3) is 4.89. The molecule has 0 saturated heterocycles. The van der Waals surface area contributed by atoms with Crippen molar-refractivity contribution in [1.29, 1.82) is 0 Å². The molecule has 108 valence electrons. The molecule has 0 aliphatic carbocycles. The van der Waals surface area contributed by atoms with Gasteiger partial charge in [0.05, 0.1) is 0 Å². The average Bonchev–Trinajstić information content (AvgIpc) is 2.27. The summed E-state index contributed by atoms with van der Waals surface area (Å²) in [5, 5.41) is 9.39. The zero-order valence-corrected chi connectivity index (χ0v) is 13.4. The molecule has 0 aliphatic rings. The molecule has 1 heteroatoms. The molecule has 1 rings (SSSR count). The molecule has 0 heterocycles. The topological polar surface area (TPSA) is 20.2 Å². The fourth-order valence-electron chi connectivity index (χ4n) is 3.01. The van der Waals surface area contributed by atoms with E-state index in [1.165, 1.54) is 18.4 Å². The summed E-state index contributed by atoms with van der Waals surface area (Å²) in [5.41, 5.74) is 1.48. The van der Waals surface area contributed by atoms with Crippen LogP contribution < -0.4 is 0 Å². The van der Waals surface area contributed by atoms with Crippen molar-refractivity contribution in [3.05, 3.63) is 29.8 Å². The molecule has 0 spiro atoms. The lowest BCUT2D eigenvalue weighted by Crippen LogP contribution is -2.24. The Balaban J connectivity index is 2.70. The molecule has 2 atom stereocenters. The Morgan fingerprint density at radius 1 is 0.947 bits per heavy atom. The first-order valence-electron chi connectivity index (χ1n) is 7.52. The molecule has 1 aromatic rings. The Morgan fingerprint density at radius 3 is 1.95 bits per heavy atom. The minimum absolute atomic E-state index is 0.165. The standard InChI is InChI=1S/C18H30O/c1-13(2)11-14(3)15(4)12-18(5,6)16-7-9-17(19)10-8-16/h7-10,13-15,19H,11-12H2,1-6H3/t14-,15-/m1/s1. The van der Waals surface area contributed by atoms with Crippen molar-refractivity contribution in [2.75, 3.05) is 0 Å². The Bertz CT molecular complexity index is 375. The molecule has 0 fully saturated rings. The molecule has 19 heavy (non-hydrogen) atoms. The Hall–Kier alpha value is -0.980. The maximum atomic E-state index is 9.39. The van der Waals surface area contributed by atoms with Crippen LogP contribution in [0.1, 0.15) is 59.9 Å². The predicted molar refractivity (Wildman–Crippen MR) is 83.5 cm³/mol. The van der Waals surface area contributed by atoms with Crippen molar-refractivity contribution in [2.24, 2.45) is 17.8 Å². The van der Waals surface area contributed by atoms with E-state index in [4.69, 9.17) is 0 Å². The maximum absolute atomic E-state index is 9.39. The highest BCUT2D eigenvalue weighted by Gasteiger charge is 2.26. The van der Waals surface area contributed by atoms with Gasteiger partial charge in [0, 0.05) is 0 Å². The highest BCUT2D eigenvalue weighted by molar-refractivity contribution is 5.30. The summed E-state index contributed by atoms with van der Waals surface area (Å²) in [6, 6.07) is 7.68. The lowest BCUT2D eigenvalue weighted by Gasteiger charge is -2.32. The highest BCUT2D eigenvalue weighted by atomic mass is 16.3. The van der Waals surface area contributed by atoms with Crippen LogP contribution in [-0.4, -0.2) is 5.11 Å². The van der Waals surface area contributed by atoms with Crippen LogP contribution in [0.2, 0.25) is 0 Å². The van der Waals surface area contributed by atoms with E-state index in [9.17, 15) is 5.11 Å². The van der Waals surface area contributed by atoms with Gasteiger partial charge in [0.25, 0.3) is 0 Å². The molecule has 0 saturated carbocycles. The largest absolute Gasteiger partial charge is 0.508 e. The second kappa shape index (κ2) is 6.45. The van der Waals surface area contributed by atoms with Gasteiger partial charge >= 0.3 is 0 Å². The summed E-state index contributed by atoms with van der Waals surface area (Å²) in [7, 11) is 0. The first kappa shape index (κ1) is 16.1. The van der Waals surface area contributed by atoms with Gasteiger partial charge in [0.1, 0.15) is 5.75 Å². The van der Waals surface area contributed by atoms with Crippen molar-refractivity contribution in [3.8, 4) is 5.75 Å². The smallest absolute Gasteiger partial charge is 0.115 e. The summed E-state index contributed by atoms with van der Waals surface area (Å²) in [4.78, 5) is 0. The maximum Gasteiger partial charge on any atom is 0.115 e. The number of benzene rings is 1. The summed E-state index contributed by atoms with van der Waals surface area (Å²) < 4.78 is 0. The van der Waals surface area contributed by atoms with Gasteiger partial charge in [-0.05, 0) is 53.7 Å². The monoisotopic (exact) mass is 262 g/mol. The van der Waals surface area contributed by atoms with Crippen LogP contribution >= 0.6 is 0 Å². The molecule has 0 radical (unpaired) electrons. The zero-order valence-electron chi connectivity index (χ0n) is 13.4. The predicted octanol–water partition coefficient (Wildman–Crippen LogP) is 5.38. The first-order valence-corrected chi connectivity index (χ1v) is 7.52. The van der Waals surface area contributed by atoms with Crippen LogP contribution in [0.15, 0.2) is 24.3 Å². The van der Waals surface area contributed by atoms with Crippen molar-refractivity contribution >= 4 is 0 Å². The zero-order chi connectivity index (χ0) is 14.6. The van der Waals surface area contributed by atoms with Crippen LogP contribution in [0.25, 0.3) is 0 Å². The normalized spacial score (nSPS) is 15.5. The first-order chi connectivity index (χ1) is 8.72. The molecular weight excluding hydrogens is 232 g/mol. The van der Waals surface area contributed by atoms with Gasteiger partial charge in [-0.25, -0.2) is 0 Å². The number of aromatic hydroxyl groups is 1. The van der Waals surface area contributed by atoms with E-state index in [-0.39, 0.29) is 5.41 Å². The van der Waals surface area contributed by atoms with Crippen molar-refractivity contribution < 1.29 is 5.11 Å². The molecule has 0 aliphatic heterocycles. The second-order valence-electron chi connectivity index (χ2n) is 7.22. The molecule has 0 unspecified atom stereocenters. The van der Waals surface area contributed by atoms with Gasteiger partial charge in [-0.3, -0.25) is 0 Å². The van der Waals surface area contributed by atoms with Crippen LogP contribution in [0.5, 0.6) is 5.75 Å². The molecule has 0 amide bonds. The lowest BCUT2D eigenvalue weighted by molar-refractivity contribution is 0.262. The quantitative estimate of drug-likeness (QED) is 0.730. The van der Waals surface area contributed by atoms with E-state index in [2.05, 4.69) is 53.7 Å². The minimum atomic E-state index is 0.165. The van der Waals surface area contributed by atoms with Gasteiger partial charge < -0.3 is 5.11 Å². The Labute approximate surface area is 119 Å². The Kier molecular flexibility index (Phi) is 5.46. The van der Waals surface area contributed by atoms with Crippen molar-refractivity contribution in [3.63, 3.8) is 0 Å². The van der Waals surface area contributed by atoms with Gasteiger partial charge in [-0.2, -0.15) is 0 Å². The third-order valence-electron chi connectivity index (χ3n) is 4.30.